The van der Waals surface area contributed by atoms with Crippen molar-refractivity contribution in [2.24, 2.45) is 11.8 Å². The first kappa shape index (κ1) is 8.28. The standard InChI is InChI=1S/C11H18O/c12-11-8-4-7-10(11)9-5-2-1-3-6-9/h9-10H,1-8H2. The van der Waals surface area contributed by atoms with E-state index in [0.29, 0.717) is 11.7 Å². The molecule has 1 atom stereocenters. The second kappa shape index (κ2) is 3.59. The maximum Gasteiger partial charge on any atom is 0.136 e. The first-order chi connectivity index (χ1) is 5.88. The van der Waals surface area contributed by atoms with Crippen LogP contribution >= 0.6 is 0 Å². The van der Waals surface area contributed by atoms with Crippen molar-refractivity contribution in [3.8, 4) is 0 Å². The molecule has 2 rings (SSSR count). The summed E-state index contributed by atoms with van der Waals surface area (Å²) in [5.41, 5.74) is 0. The molecule has 68 valence electrons. The van der Waals surface area contributed by atoms with E-state index in [9.17, 15) is 4.79 Å². The predicted octanol–water partition coefficient (Wildman–Crippen LogP) is 2.94. The Hall–Kier alpha value is -0.330. The molecule has 0 bridgehead atoms. The summed E-state index contributed by atoms with van der Waals surface area (Å²) in [6.07, 6.45) is 10.0. The first-order valence-corrected chi connectivity index (χ1v) is 5.40. The molecule has 1 heteroatoms. The van der Waals surface area contributed by atoms with Crippen molar-refractivity contribution in [2.45, 2.75) is 51.4 Å². The van der Waals surface area contributed by atoms with Gasteiger partial charge in [-0.2, -0.15) is 0 Å². The van der Waals surface area contributed by atoms with Crippen LogP contribution in [-0.2, 0) is 4.79 Å². The van der Waals surface area contributed by atoms with Crippen LogP contribution in [0.3, 0.4) is 0 Å². The molecule has 0 aromatic heterocycles. The van der Waals surface area contributed by atoms with Crippen LogP contribution in [0, 0.1) is 11.8 Å². The highest BCUT2D eigenvalue weighted by atomic mass is 16.1. The molecule has 0 heterocycles. The highest BCUT2D eigenvalue weighted by Gasteiger charge is 2.32. The van der Waals surface area contributed by atoms with Crippen molar-refractivity contribution in [3.05, 3.63) is 0 Å². The Labute approximate surface area is 74.5 Å². The number of hydrogen-bond acceptors (Lipinski definition) is 1. The molecule has 0 radical (unpaired) electrons. The largest absolute Gasteiger partial charge is 0.299 e. The smallest absolute Gasteiger partial charge is 0.136 e. The fraction of sp³-hybridized carbons (Fsp3) is 0.909. The molecule has 1 unspecified atom stereocenters. The molecule has 0 amide bonds. The van der Waals surface area contributed by atoms with Crippen molar-refractivity contribution in [2.75, 3.05) is 0 Å². The number of rotatable bonds is 1. The van der Waals surface area contributed by atoms with Gasteiger partial charge < -0.3 is 0 Å². The Kier molecular flexibility index (Phi) is 2.48. The van der Waals surface area contributed by atoms with Gasteiger partial charge in [-0.3, -0.25) is 4.79 Å². The summed E-state index contributed by atoms with van der Waals surface area (Å²) in [5.74, 6) is 1.82. The quantitative estimate of drug-likeness (QED) is 0.585. The molecule has 0 aliphatic heterocycles. The number of carbonyl (C=O) groups excluding carboxylic acids is 1. The molecule has 0 aromatic carbocycles. The molecule has 1 nitrogen and oxygen atoms in total. The first-order valence-electron chi connectivity index (χ1n) is 5.40. The molecule has 2 aliphatic rings. The SMILES string of the molecule is O=C1CCCC1C1CCCCC1. The van der Waals surface area contributed by atoms with E-state index in [0.717, 1.165) is 12.3 Å². The summed E-state index contributed by atoms with van der Waals surface area (Å²) in [4.78, 5) is 11.5. The molecule has 0 saturated heterocycles. The lowest BCUT2D eigenvalue weighted by Gasteiger charge is -2.25. The summed E-state index contributed by atoms with van der Waals surface area (Å²) in [7, 11) is 0. The van der Waals surface area contributed by atoms with Crippen LogP contribution in [0.5, 0.6) is 0 Å². The number of carbonyl (C=O) groups is 1. The Morgan fingerprint density at radius 3 is 2.25 bits per heavy atom. The van der Waals surface area contributed by atoms with Crippen LogP contribution in [-0.4, -0.2) is 5.78 Å². The van der Waals surface area contributed by atoms with Gasteiger partial charge in [-0.1, -0.05) is 19.3 Å². The highest BCUT2D eigenvalue weighted by molar-refractivity contribution is 5.83. The average molecular weight is 166 g/mol. The maximum absolute atomic E-state index is 11.5. The van der Waals surface area contributed by atoms with Crippen molar-refractivity contribution in [1.29, 1.82) is 0 Å². The monoisotopic (exact) mass is 166 g/mol. The van der Waals surface area contributed by atoms with Crippen LogP contribution in [0.4, 0.5) is 0 Å². The van der Waals surface area contributed by atoms with Crippen LogP contribution < -0.4 is 0 Å². The maximum atomic E-state index is 11.5. The summed E-state index contributed by atoms with van der Waals surface area (Å²) in [6, 6.07) is 0. The molecule has 0 aromatic rings. The lowest BCUT2D eigenvalue weighted by Crippen LogP contribution is -2.21. The molecule has 0 N–H and O–H groups in total. The van der Waals surface area contributed by atoms with Gasteiger partial charge in [0.25, 0.3) is 0 Å². The molecular formula is C11H18O. The van der Waals surface area contributed by atoms with E-state index in [2.05, 4.69) is 0 Å². The van der Waals surface area contributed by atoms with Crippen molar-refractivity contribution >= 4 is 5.78 Å². The van der Waals surface area contributed by atoms with Crippen LogP contribution in [0.15, 0.2) is 0 Å². The van der Waals surface area contributed by atoms with Gasteiger partial charge in [-0.05, 0) is 31.6 Å². The van der Waals surface area contributed by atoms with Gasteiger partial charge in [0, 0.05) is 12.3 Å². The third-order valence-electron chi connectivity index (χ3n) is 3.57. The topological polar surface area (TPSA) is 17.1 Å². The van der Waals surface area contributed by atoms with Gasteiger partial charge in [0.2, 0.25) is 0 Å². The fourth-order valence-electron chi connectivity index (χ4n) is 2.88. The van der Waals surface area contributed by atoms with Crippen LogP contribution in [0.1, 0.15) is 51.4 Å². The Morgan fingerprint density at radius 2 is 1.67 bits per heavy atom. The molecular weight excluding hydrogens is 148 g/mol. The van der Waals surface area contributed by atoms with Crippen molar-refractivity contribution in [1.82, 2.24) is 0 Å². The van der Waals surface area contributed by atoms with Crippen molar-refractivity contribution < 1.29 is 4.79 Å². The average Bonchev–Trinajstić information content (AvgIpc) is 2.53. The van der Waals surface area contributed by atoms with E-state index in [1.807, 2.05) is 0 Å². The Balaban J connectivity index is 1.93. The Bertz CT molecular complexity index is 168. The minimum atomic E-state index is 0.477. The molecule has 0 spiro atoms. The zero-order chi connectivity index (χ0) is 8.39. The second-order valence-electron chi connectivity index (χ2n) is 4.36. The third kappa shape index (κ3) is 1.55. The lowest BCUT2D eigenvalue weighted by molar-refractivity contribution is -0.122. The number of ketones is 1. The minimum absolute atomic E-state index is 0.477. The number of hydrogen-bond donors (Lipinski definition) is 0. The van der Waals surface area contributed by atoms with E-state index in [1.54, 1.807) is 0 Å². The van der Waals surface area contributed by atoms with Gasteiger partial charge in [-0.25, -0.2) is 0 Å². The normalized spacial score (nSPS) is 32.7. The van der Waals surface area contributed by atoms with Gasteiger partial charge in [-0.15, -0.1) is 0 Å². The van der Waals surface area contributed by atoms with Crippen LogP contribution in [0.25, 0.3) is 0 Å². The lowest BCUT2D eigenvalue weighted by atomic mass is 9.79. The van der Waals surface area contributed by atoms with Gasteiger partial charge in [0.15, 0.2) is 0 Å². The molecule has 2 aliphatic carbocycles. The fourth-order valence-corrected chi connectivity index (χ4v) is 2.88. The summed E-state index contributed by atoms with van der Waals surface area (Å²) >= 11 is 0. The van der Waals surface area contributed by atoms with E-state index in [1.165, 1.54) is 44.9 Å². The van der Waals surface area contributed by atoms with Gasteiger partial charge in [0.1, 0.15) is 5.78 Å². The van der Waals surface area contributed by atoms with Gasteiger partial charge in [0.05, 0.1) is 0 Å². The predicted molar refractivity (Wildman–Crippen MR) is 48.9 cm³/mol. The highest BCUT2D eigenvalue weighted by Crippen LogP contribution is 2.37. The minimum Gasteiger partial charge on any atom is -0.299 e. The summed E-state index contributed by atoms with van der Waals surface area (Å²) in [5, 5.41) is 0. The van der Waals surface area contributed by atoms with Crippen LogP contribution in [0.2, 0.25) is 0 Å². The van der Waals surface area contributed by atoms with Gasteiger partial charge >= 0.3 is 0 Å². The number of Topliss-reactive ketones (excluding diaryl/α,β-unsaturated/α-hetero) is 1. The van der Waals surface area contributed by atoms with E-state index in [4.69, 9.17) is 0 Å². The molecule has 12 heavy (non-hydrogen) atoms. The van der Waals surface area contributed by atoms with E-state index in [-0.39, 0.29) is 0 Å². The van der Waals surface area contributed by atoms with E-state index < -0.39 is 0 Å². The molecule has 2 saturated carbocycles. The summed E-state index contributed by atoms with van der Waals surface area (Å²) in [6.45, 7) is 0. The third-order valence-corrected chi connectivity index (χ3v) is 3.57. The molecule has 2 fully saturated rings. The van der Waals surface area contributed by atoms with Crippen molar-refractivity contribution in [3.63, 3.8) is 0 Å². The zero-order valence-electron chi connectivity index (χ0n) is 7.72. The zero-order valence-corrected chi connectivity index (χ0v) is 7.72. The summed E-state index contributed by atoms with van der Waals surface area (Å²) < 4.78 is 0. The second-order valence-corrected chi connectivity index (χ2v) is 4.36. The Morgan fingerprint density at radius 1 is 0.917 bits per heavy atom. The van der Waals surface area contributed by atoms with E-state index >= 15 is 0 Å².